The predicted octanol–water partition coefficient (Wildman–Crippen LogP) is 2.73. The van der Waals surface area contributed by atoms with Crippen LogP contribution in [-0.2, 0) is 16.1 Å². The predicted molar refractivity (Wildman–Crippen MR) is 77.3 cm³/mol. The van der Waals surface area contributed by atoms with Gasteiger partial charge in [0.15, 0.2) is 0 Å². The number of carbonyl (C=O) groups excluding carboxylic acids is 1. The van der Waals surface area contributed by atoms with Gasteiger partial charge in [0, 0.05) is 6.54 Å². The second kappa shape index (κ2) is 7.42. The number of benzene rings is 1. The Morgan fingerprint density at radius 2 is 2.05 bits per heavy atom. The van der Waals surface area contributed by atoms with Crippen molar-refractivity contribution >= 4 is 12.0 Å². The Morgan fingerprint density at radius 3 is 2.67 bits per heavy atom. The third-order valence-electron chi connectivity index (χ3n) is 2.87. The Morgan fingerprint density at radius 1 is 1.29 bits per heavy atom. The van der Waals surface area contributed by atoms with Gasteiger partial charge in [0.2, 0.25) is 0 Å². The van der Waals surface area contributed by atoms with E-state index in [1.807, 2.05) is 30.3 Å². The fourth-order valence-electron chi connectivity index (χ4n) is 1.89. The van der Waals surface area contributed by atoms with E-state index in [2.05, 4.69) is 0 Å². The van der Waals surface area contributed by atoms with Crippen molar-refractivity contribution < 1.29 is 19.2 Å². The van der Waals surface area contributed by atoms with Crippen molar-refractivity contribution in [2.45, 2.75) is 6.54 Å². The summed E-state index contributed by atoms with van der Waals surface area (Å²) in [6.45, 7) is 0.357. The number of hydrogen-bond acceptors (Lipinski definition) is 5. The van der Waals surface area contributed by atoms with Gasteiger partial charge in [-0.2, -0.15) is 5.06 Å². The van der Waals surface area contributed by atoms with E-state index in [4.69, 9.17) is 9.15 Å². The number of carbonyl (C=O) groups is 1. The smallest absolute Gasteiger partial charge is 0.335 e. The van der Waals surface area contributed by atoms with Crippen molar-refractivity contribution in [1.29, 1.82) is 0 Å². The molecular weight excluding hydrogens is 270 g/mol. The summed E-state index contributed by atoms with van der Waals surface area (Å²) in [6.07, 6.45) is 3.07. The Bertz CT molecular complexity index is 590. The van der Waals surface area contributed by atoms with E-state index in [-0.39, 0.29) is 6.54 Å². The highest BCUT2D eigenvalue weighted by atomic mass is 16.5. The first-order chi connectivity index (χ1) is 10.2. The van der Waals surface area contributed by atoms with E-state index >= 15 is 0 Å². The van der Waals surface area contributed by atoms with Crippen LogP contribution in [0, 0.1) is 0 Å². The molecule has 0 radical (unpaired) electrons. The van der Waals surface area contributed by atoms with E-state index in [0.29, 0.717) is 17.9 Å². The Balaban J connectivity index is 2.06. The van der Waals surface area contributed by atoms with Crippen LogP contribution in [-0.4, -0.2) is 29.9 Å². The van der Waals surface area contributed by atoms with Gasteiger partial charge in [-0.1, -0.05) is 30.3 Å². The topological polar surface area (TPSA) is 62.9 Å². The maximum absolute atomic E-state index is 11.8. The zero-order valence-corrected chi connectivity index (χ0v) is 11.7. The van der Waals surface area contributed by atoms with Crippen LogP contribution in [0.5, 0.6) is 0 Å². The van der Waals surface area contributed by atoms with E-state index in [1.165, 1.54) is 13.4 Å². The van der Waals surface area contributed by atoms with Crippen molar-refractivity contribution in [1.82, 2.24) is 5.06 Å². The second-order valence-electron chi connectivity index (χ2n) is 4.48. The molecule has 1 heterocycles. The van der Waals surface area contributed by atoms with Gasteiger partial charge in [-0.25, -0.2) is 4.79 Å². The van der Waals surface area contributed by atoms with Gasteiger partial charge in [0.25, 0.3) is 0 Å². The highest BCUT2D eigenvalue weighted by molar-refractivity contribution is 5.93. The van der Waals surface area contributed by atoms with E-state index in [0.717, 1.165) is 10.6 Å². The molecule has 0 aliphatic carbocycles. The minimum absolute atomic E-state index is 0.0439. The van der Waals surface area contributed by atoms with Crippen LogP contribution in [0.25, 0.3) is 6.08 Å². The lowest BCUT2D eigenvalue weighted by Gasteiger charge is -2.15. The average Bonchev–Trinajstić information content (AvgIpc) is 2.99. The summed E-state index contributed by atoms with van der Waals surface area (Å²) in [7, 11) is 1.30. The van der Waals surface area contributed by atoms with Crippen molar-refractivity contribution in [3.63, 3.8) is 0 Å². The SMILES string of the molecule is COC(=O)/C(=C/c1ccco1)CN(O)Cc1ccccc1. The highest BCUT2D eigenvalue weighted by Gasteiger charge is 2.14. The molecule has 5 nitrogen and oxygen atoms in total. The fraction of sp³-hybridized carbons (Fsp3) is 0.188. The largest absolute Gasteiger partial charge is 0.466 e. The molecule has 2 aromatic rings. The molecule has 0 atom stereocenters. The summed E-state index contributed by atoms with van der Waals surface area (Å²) >= 11 is 0. The van der Waals surface area contributed by atoms with Gasteiger partial charge < -0.3 is 14.4 Å². The van der Waals surface area contributed by atoms with Gasteiger partial charge in [-0.15, -0.1) is 0 Å². The molecule has 0 unspecified atom stereocenters. The van der Waals surface area contributed by atoms with Gasteiger partial charge in [0.1, 0.15) is 5.76 Å². The Kier molecular flexibility index (Phi) is 5.31. The van der Waals surface area contributed by atoms with Crippen LogP contribution in [0.2, 0.25) is 0 Å². The average molecular weight is 287 g/mol. The summed E-state index contributed by atoms with van der Waals surface area (Å²) in [5.41, 5.74) is 1.26. The Labute approximate surface area is 123 Å². The molecule has 0 amide bonds. The highest BCUT2D eigenvalue weighted by Crippen LogP contribution is 2.11. The van der Waals surface area contributed by atoms with Crippen molar-refractivity contribution in [3.8, 4) is 0 Å². The molecule has 110 valence electrons. The third kappa shape index (κ3) is 4.59. The van der Waals surface area contributed by atoms with Crippen molar-refractivity contribution in [3.05, 3.63) is 65.6 Å². The first-order valence-electron chi connectivity index (χ1n) is 6.49. The first kappa shape index (κ1) is 15.0. The lowest BCUT2D eigenvalue weighted by atomic mass is 10.2. The lowest BCUT2D eigenvalue weighted by Crippen LogP contribution is -2.25. The molecule has 1 aromatic carbocycles. The molecule has 21 heavy (non-hydrogen) atoms. The first-order valence-corrected chi connectivity index (χ1v) is 6.49. The maximum Gasteiger partial charge on any atom is 0.335 e. The minimum Gasteiger partial charge on any atom is -0.466 e. The summed E-state index contributed by atoms with van der Waals surface area (Å²) in [4.78, 5) is 11.8. The van der Waals surface area contributed by atoms with E-state index in [9.17, 15) is 10.0 Å². The van der Waals surface area contributed by atoms with Gasteiger partial charge in [0.05, 0.1) is 25.5 Å². The van der Waals surface area contributed by atoms with Gasteiger partial charge in [-0.3, -0.25) is 0 Å². The van der Waals surface area contributed by atoms with Crippen LogP contribution >= 0.6 is 0 Å². The van der Waals surface area contributed by atoms with E-state index in [1.54, 1.807) is 18.2 Å². The van der Waals surface area contributed by atoms with Crippen molar-refractivity contribution in [2.75, 3.05) is 13.7 Å². The summed E-state index contributed by atoms with van der Waals surface area (Å²) in [6, 6.07) is 12.9. The maximum atomic E-state index is 11.8. The standard InChI is InChI=1S/C16H17NO4/c1-20-16(18)14(10-15-8-5-9-21-15)12-17(19)11-13-6-3-2-4-7-13/h2-10,19H,11-12H2,1H3/b14-10+. The number of rotatable bonds is 6. The molecule has 2 rings (SSSR count). The van der Waals surface area contributed by atoms with Gasteiger partial charge >= 0.3 is 5.97 Å². The molecule has 0 aliphatic heterocycles. The summed E-state index contributed by atoms with van der Waals surface area (Å²) in [5, 5.41) is 11.1. The fourth-order valence-corrected chi connectivity index (χ4v) is 1.89. The zero-order valence-electron chi connectivity index (χ0n) is 11.7. The number of nitrogens with zero attached hydrogens (tertiary/aromatic N) is 1. The lowest BCUT2D eigenvalue weighted by molar-refractivity contribution is -0.139. The molecule has 0 spiro atoms. The number of furan rings is 1. The number of hydrogen-bond donors (Lipinski definition) is 1. The second-order valence-corrected chi connectivity index (χ2v) is 4.48. The van der Waals surface area contributed by atoms with Gasteiger partial charge in [-0.05, 0) is 23.8 Å². The molecule has 0 saturated heterocycles. The molecular formula is C16H17NO4. The zero-order chi connectivity index (χ0) is 15.1. The summed E-state index contributed by atoms with van der Waals surface area (Å²) < 4.78 is 9.90. The molecule has 5 heteroatoms. The van der Waals surface area contributed by atoms with Crippen LogP contribution < -0.4 is 0 Å². The number of methoxy groups -OCH3 is 1. The molecule has 0 aliphatic rings. The summed E-state index contributed by atoms with van der Waals surface area (Å²) in [5.74, 6) is 0.0297. The number of hydroxylamine groups is 2. The molecule has 0 bridgehead atoms. The molecule has 1 aromatic heterocycles. The van der Waals surface area contributed by atoms with E-state index < -0.39 is 5.97 Å². The van der Waals surface area contributed by atoms with Crippen LogP contribution in [0.3, 0.4) is 0 Å². The molecule has 0 saturated carbocycles. The molecule has 0 fully saturated rings. The number of ether oxygens (including phenoxy) is 1. The quantitative estimate of drug-likeness (QED) is 0.503. The third-order valence-corrected chi connectivity index (χ3v) is 2.87. The van der Waals surface area contributed by atoms with Crippen molar-refractivity contribution in [2.24, 2.45) is 0 Å². The normalized spacial score (nSPS) is 11.7. The minimum atomic E-state index is -0.501. The van der Waals surface area contributed by atoms with Crippen LogP contribution in [0.4, 0.5) is 0 Å². The Hall–Kier alpha value is -2.37. The van der Waals surface area contributed by atoms with Crippen LogP contribution in [0.1, 0.15) is 11.3 Å². The molecule has 1 N–H and O–H groups in total. The monoisotopic (exact) mass is 287 g/mol. The van der Waals surface area contributed by atoms with Crippen LogP contribution in [0.15, 0.2) is 58.7 Å². The number of esters is 1.